The minimum Gasteiger partial charge on any atom is -0.497 e. The number of hydrogen-bond acceptors (Lipinski definition) is 4. The Labute approximate surface area is 162 Å². The van der Waals surface area contributed by atoms with E-state index in [0.717, 1.165) is 16.5 Å². The van der Waals surface area contributed by atoms with Gasteiger partial charge in [-0.1, -0.05) is 18.2 Å². The highest BCUT2D eigenvalue weighted by atomic mass is 16.5. The summed E-state index contributed by atoms with van der Waals surface area (Å²) in [5, 5.41) is 16.2. The summed E-state index contributed by atoms with van der Waals surface area (Å²) in [6.07, 6.45) is 2.43. The van der Waals surface area contributed by atoms with E-state index in [4.69, 9.17) is 4.74 Å². The highest BCUT2D eigenvalue weighted by Crippen LogP contribution is 2.18. The monoisotopic (exact) mass is 381 g/mol. The molecule has 0 aliphatic rings. The number of amides is 1. The summed E-state index contributed by atoms with van der Waals surface area (Å²) in [4.78, 5) is 26.9. The third-order valence-electron chi connectivity index (χ3n) is 4.52. The lowest BCUT2D eigenvalue weighted by Gasteiger charge is -2.14. The molecule has 0 aliphatic carbocycles. The van der Waals surface area contributed by atoms with Gasteiger partial charge in [-0.2, -0.15) is 0 Å². The molecule has 7 nitrogen and oxygen atoms in total. The van der Waals surface area contributed by atoms with Crippen LogP contribution in [0.3, 0.4) is 0 Å². The Bertz CT molecular complexity index is 950. The number of carboxylic acids is 1. The smallest absolute Gasteiger partial charge is 0.321 e. The number of carbonyl (C=O) groups excluding carboxylic acids is 1. The fourth-order valence-electron chi connectivity index (χ4n) is 3.04. The van der Waals surface area contributed by atoms with Gasteiger partial charge in [0.05, 0.1) is 13.5 Å². The van der Waals surface area contributed by atoms with E-state index in [1.165, 1.54) is 0 Å². The second-order valence-electron chi connectivity index (χ2n) is 6.44. The molecule has 1 unspecified atom stereocenters. The minimum atomic E-state index is -1.05. The van der Waals surface area contributed by atoms with Gasteiger partial charge in [0, 0.05) is 29.3 Å². The zero-order valence-electron chi connectivity index (χ0n) is 15.6. The first-order valence-corrected chi connectivity index (χ1v) is 9.02. The molecule has 1 heterocycles. The molecular formula is C21H23N3O4. The van der Waals surface area contributed by atoms with Gasteiger partial charge in [-0.3, -0.25) is 9.59 Å². The first-order valence-electron chi connectivity index (χ1n) is 9.02. The standard InChI is InChI=1S/C21H23N3O4/c1-28-16-8-6-15(7-9-16)24-20(25)12-19(21(26)27)22-11-10-14-13-23-18-5-3-2-4-17(14)18/h2-9,13,19,22-23H,10-12H2,1H3,(H,24,25)(H,26,27). The average molecular weight is 381 g/mol. The van der Waals surface area contributed by atoms with E-state index < -0.39 is 12.0 Å². The fraction of sp³-hybridized carbons (Fsp3) is 0.238. The molecule has 0 spiro atoms. The quantitative estimate of drug-likeness (QED) is 0.456. The summed E-state index contributed by atoms with van der Waals surface area (Å²) < 4.78 is 5.07. The minimum absolute atomic E-state index is 0.157. The van der Waals surface area contributed by atoms with Crippen LogP contribution in [0, 0.1) is 0 Å². The molecule has 0 bridgehead atoms. The Hall–Kier alpha value is -3.32. The van der Waals surface area contributed by atoms with Crippen molar-refractivity contribution in [3.63, 3.8) is 0 Å². The SMILES string of the molecule is COc1ccc(NC(=O)CC(NCCc2c[nH]c3ccccc23)C(=O)O)cc1. The van der Waals surface area contributed by atoms with Crippen molar-refractivity contribution in [3.8, 4) is 5.75 Å². The van der Waals surface area contributed by atoms with Gasteiger partial charge in [-0.25, -0.2) is 0 Å². The number of aromatic amines is 1. The summed E-state index contributed by atoms with van der Waals surface area (Å²) in [6, 6.07) is 13.9. The summed E-state index contributed by atoms with van der Waals surface area (Å²) in [7, 11) is 1.56. The molecule has 146 valence electrons. The number of aromatic nitrogens is 1. The molecular weight excluding hydrogens is 358 g/mol. The number of anilines is 1. The summed E-state index contributed by atoms with van der Waals surface area (Å²) in [6.45, 7) is 0.453. The second-order valence-corrected chi connectivity index (χ2v) is 6.44. The van der Waals surface area contributed by atoms with Crippen molar-refractivity contribution in [2.24, 2.45) is 0 Å². The van der Waals surface area contributed by atoms with Crippen molar-refractivity contribution in [3.05, 3.63) is 60.3 Å². The maximum atomic E-state index is 12.2. The number of methoxy groups -OCH3 is 1. The molecule has 0 saturated heterocycles. The zero-order chi connectivity index (χ0) is 19.9. The van der Waals surface area contributed by atoms with Crippen LogP contribution in [0.5, 0.6) is 5.75 Å². The van der Waals surface area contributed by atoms with Gasteiger partial charge in [-0.15, -0.1) is 0 Å². The number of benzene rings is 2. The second kappa shape index (κ2) is 9.05. The number of ether oxygens (including phenoxy) is 1. The van der Waals surface area contributed by atoms with Crippen molar-refractivity contribution in [2.75, 3.05) is 19.0 Å². The van der Waals surface area contributed by atoms with Gasteiger partial charge in [-0.05, 0) is 42.3 Å². The maximum absolute atomic E-state index is 12.2. The van der Waals surface area contributed by atoms with Crippen LogP contribution >= 0.6 is 0 Å². The van der Waals surface area contributed by atoms with E-state index in [-0.39, 0.29) is 12.3 Å². The molecule has 0 fully saturated rings. The van der Waals surface area contributed by atoms with Gasteiger partial charge >= 0.3 is 5.97 Å². The van der Waals surface area contributed by atoms with E-state index in [9.17, 15) is 14.7 Å². The van der Waals surface area contributed by atoms with E-state index >= 15 is 0 Å². The van der Waals surface area contributed by atoms with Crippen molar-refractivity contribution in [1.29, 1.82) is 0 Å². The molecule has 7 heteroatoms. The summed E-state index contributed by atoms with van der Waals surface area (Å²) in [5.41, 5.74) is 2.75. The Balaban J connectivity index is 1.52. The molecule has 4 N–H and O–H groups in total. The van der Waals surface area contributed by atoms with Crippen molar-refractivity contribution >= 4 is 28.5 Å². The molecule has 1 aromatic heterocycles. The van der Waals surface area contributed by atoms with Crippen LogP contribution in [0.25, 0.3) is 10.9 Å². The van der Waals surface area contributed by atoms with Crippen LogP contribution in [0.1, 0.15) is 12.0 Å². The third kappa shape index (κ3) is 4.89. The van der Waals surface area contributed by atoms with Crippen molar-refractivity contribution in [1.82, 2.24) is 10.3 Å². The Morgan fingerprint density at radius 3 is 2.61 bits per heavy atom. The lowest BCUT2D eigenvalue weighted by molar-refractivity contribution is -0.141. The predicted octanol–water partition coefficient (Wildman–Crippen LogP) is 2.79. The van der Waals surface area contributed by atoms with Crippen molar-refractivity contribution in [2.45, 2.75) is 18.9 Å². The Kier molecular flexibility index (Phi) is 6.29. The van der Waals surface area contributed by atoms with Crippen LogP contribution in [0.2, 0.25) is 0 Å². The number of aliphatic carboxylic acids is 1. The van der Waals surface area contributed by atoms with E-state index in [2.05, 4.69) is 15.6 Å². The Morgan fingerprint density at radius 1 is 1.14 bits per heavy atom. The molecule has 0 aliphatic heterocycles. The number of H-pyrrole nitrogens is 1. The molecule has 3 aromatic rings. The largest absolute Gasteiger partial charge is 0.497 e. The average Bonchev–Trinajstić information content (AvgIpc) is 3.11. The summed E-state index contributed by atoms with van der Waals surface area (Å²) in [5.74, 6) is -0.735. The van der Waals surface area contributed by atoms with E-state index in [1.54, 1.807) is 31.4 Å². The van der Waals surface area contributed by atoms with Gasteiger partial charge in [0.25, 0.3) is 0 Å². The lowest BCUT2D eigenvalue weighted by atomic mass is 10.1. The first kappa shape index (κ1) is 19.4. The molecule has 0 radical (unpaired) electrons. The van der Waals surface area contributed by atoms with Gasteiger partial charge in [0.2, 0.25) is 5.91 Å². The molecule has 0 saturated carbocycles. The number of carbonyl (C=O) groups is 2. The van der Waals surface area contributed by atoms with Crippen LogP contribution in [0.4, 0.5) is 5.69 Å². The van der Waals surface area contributed by atoms with Crippen LogP contribution in [0.15, 0.2) is 54.7 Å². The number of fused-ring (bicyclic) bond motifs is 1. The van der Waals surface area contributed by atoms with E-state index in [1.807, 2.05) is 30.5 Å². The lowest BCUT2D eigenvalue weighted by Crippen LogP contribution is -2.40. The highest BCUT2D eigenvalue weighted by Gasteiger charge is 2.20. The van der Waals surface area contributed by atoms with Gasteiger partial charge in [0.1, 0.15) is 11.8 Å². The van der Waals surface area contributed by atoms with Crippen LogP contribution in [-0.4, -0.2) is 41.7 Å². The zero-order valence-corrected chi connectivity index (χ0v) is 15.6. The number of hydrogen-bond donors (Lipinski definition) is 4. The first-order chi connectivity index (χ1) is 13.6. The predicted molar refractivity (Wildman–Crippen MR) is 108 cm³/mol. The molecule has 1 atom stereocenters. The number of rotatable bonds is 9. The normalized spacial score (nSPS) is 11.9. The maximum Gasteiger partial charge on any atom is 0.321 e. The van der Waals surface area contributed by atoms with E-state index in [0.29, 0.717) is 24.4 Å². The molecule has 1 amide bonds. The molecule has 28 heavy (non-hydrogen) atoms. The van der Waals surface area contributed by atoms with Gasteiger partial charge < -0.3 is 25.5 Å². The third-order valence-corrected chi connectivity index (χ3v) is 4.52. The number of carboxylic acid groups (broad SMARTS) is 1. The highest BCUT2D eigenvalue weighted by molar-refractivity contribution is 5.94. The van der Waals surface area contributed by atoms with Crippen LogP contribution in [-0.2, 0) is 16.0 Å². The molecule has 3 rings (SSSR count). The molecule has 2 aromatic carbocycles. The Morgan fingerprint density at radius 2 is 1.89 bits per heavy atom. The van der Waals surface area contributed by atoms with Crippen molar-refractivity contribution < 1.29 is 19.4 Å². The number of nitrogens with one attached hydrogen (secondary N) is 3. The summed E-state index contributed by atoms with van der Waals surface area (Å²) >= 11 is 0. The fourth-order valence-corrected chi connectivity index (χ4v) is 3.04. The van der Waals surface area contributed by atoms with Crippen LogP contribution < -0.4 is 15.4 Å². The van der Waals surface area contributed by atoms with Gasteiger partial charge in [0.15, 0.2) is 0 Å². The number of para-hydroxylation sites is 1. The topological polar surface area (TPSA) is 103 Å².